The normalized spacial score (nSPS) is 11.6. The van der Waals surface area contributed by atoms with Gasteiger partial charge in [-0.3, -0.25) is 4.79 Å². The second-order valence-electron chi connectivity index (χ2n) is 5.00. The molecule has 6 nitrogen and oxygen atoms in total. The maximum Gasteiger partial charge on any atom is 0.222 e. The molecule has 0 radical (unpaired) electrons. The van der Waals surface area contributed by atoms with E-state index in [2.05, 4.69) is 10.1 Å². The maximum atomic E-state index is 12.0. The molecule has 1 aromatic heterocycles. The Kier molecular flexibility index (Phi) is 7.01. The number of hydrogen-bond acceptors (Lipinski definition) is 4. The summed E-state index contributed by atoms with van der Waals surface area (Å²) in [4.78, 5) is 17.7. The van der Waals surface area contributed by atoms with Crippen LogP contribution in [0.15, 0.2) is 36.9 Å². The second-order valence-corrected chi connectivity index (χ2v) is 5.00. The lowest BCUT2D eigenvalue weighted by molar-refractivity contribution is -0.131. The van der Waals surface area contributed by atoms with Crippen molar-refractivity contribution >= 4 is 18.3 Å². The van der Waals surface area contributed by atoms with Gasteiger partial charge < -0.3 is 10.6 Å². The highest BCUT2D eigenvalue weighted by Gasteiger charge is 2.16. The molecule has 1 unspecified atom stereocenters. The van der Waals surface area contributed by atoms with Crippen LogP contribution in [0.2, 0.25) is 0 Å². The number of benzene rings is 1. The van der Waals surface area contributed by atoms with Crippen LogP contribution in [-0.2, 0) is 4.79 Å². The first-order chi connectivity index (χ1) is 10.1. The summed E-state index contributed by atoms with van der Waals surface area (Å²) in [6.07, 6.45) is 4.37. The van der Waals surface area contributed by atoms with Crippen LogP contribution in [-0.4, -0.2) is 39.2 Å². The van der Waals surface area contributed by atoms with Crippen molar-refractivity contribution in [2.75, 3.05) is 13.6 Å². The molecule has 22 heavy (non-hydrogen) atoms. The van der Waals surface area contributed by atoms with Gasteiger partial charge in [0.25, 0.3) is 0 Å². The molecular weight excluding hydrogens is 302 g/mol. The van der Waals surface area contributed by atoms with Crippen molar-refractivity contribution in [2.24, 2.45) is 5.73 Å². The van der Waals surface area contributed by atoms with Gasteiger partial charge in [-0.1, -0.05) is 12.1 Å². The molecule has 1 atom stereocenters. The fourth-order valence-corrected chi connectivity index (χ4v) is 2.12. The molecule has 0 aliphatic carbocycles. The molecule has 120 valence electrons. The summed E-state index contributed by atoms with van der Waals surface area (Å²) < 4.78 is 1.70. The van der Waals surface area contributed by atoms with Crippen LogP contribution in [0.1, 0.15) is 31.4 Å². The largest absolute Gasteiger partial charge is 0.339 e. The molecule has 0 fully saturated rings. The van der Waals surface area contributed by atoms with Crippen LogP contribution in [0.3, 0.4) is 0 Å². The topological polar surface area (TPSA) is 77.0 Å². The Labute approximate surface area is 136 Å². The van der Waals surface area contributed by atoms with Gasteiger partial charge in [0.2, 0.25) is 5.91 Å². The summed E-state index contributed by atoms with van der Waals surface area (Å²) in [6, 6.07) is 7.99. The molecule has 0 saturated carbocycles. The summed E-state index contributed by atoms with van der Waals surface area (Å²) in [5, 5.41) is 4.09. The van der Waals surface area contributed by atoms with Crippen molar-refractivity contribution in [1.29, 1.82) is 0 Å². The number of amides is 1. The third kappa shape index (κ3) is 4.29. The molecule has 0 saturated heterocycles. The Balaban J connectivity index is 0.00000242. The van der Waals surface area contributed by atoms with Crippen LogP contribution in [0.5, 0.6) is 0 Å². The summed E-state index contributed by atoms with van der Waals surface area (Å²) in [5.41, 5.74) is 7.47. The Hall–Kier alpha value is -1.92. The monoisotopic (exact) mass is 323 g/mol. The number of hydrogen-bond donors (Lipinski definition) is 1. The number of carbonyl (C=O) groups is 1. The number of nitrogens with two attached hydrogens (primary N) is 1. The molecule has 0 aliphatic rings. The highest BCUT2D eigenvalue weighted by molar-refractivity contribution is 5.85. The lowest BCUT2D eigenvalue weighted by atomic mass is 10.1. The number of carbonyl (C=O) groups excluding carboxylic acids is 1. The highest BCUT2D eigenvalue weighted by atomic mass is 35.5. The van der Waals surface area contributed by atoms with Gasteiger partial charge in [0.1, 0.15) is 12.7 Å². The van der Waals surface area contributed by atoms with Gasteiger partial charge >= 0.3 is 0 Å². The molecule has 2 aromatic rings. The van der Waals surface area contributed by atoms with Crippen LogP contribution < -0.4 is 5.73 Å². The molecule has 1 amide bonds. The zero-order valence-corrected chi connectivity index (χ0v) is 13.7. The second kappa shape index (κ2) is 8.51. The average molecular weight is 324 g/mol. The molecule has 7 heteroatoms. The number of aromatic nitrogens is 3. The molecule has 0 spiro atoms. The van der Waals surface area contributed by atoms with Crippen LogP contribution in [0, 0.1) is 0 Å². The first-order valence-corrected chi connectivity index (χ1v) is 7.04. The molecule has 0 bridgehead atoms. The minimum Gasteiger partial charge on any atom is -0.339 e. The van der Waals surface area contributed by atoms with Gasteiger partial charge in [0, 0.05) is 13.5 Å². The van der Waals surface area contributed by atoms with Gasteiger partial charge in [-0.05, 0) is 37.6 Å². The first-order valence-electron chi connectivity index (χ1n) is 7.04. The van der Waals surface area contributed by atoms with Crippen molar-refractivity contribution in [3.63, 3.8) is 0 Å². The van der Waals surface area contributed by atoms with Gasteiger partial charge in [-0.15, -0.1) is 12.4 Å². The molecule has 2 N–H and O–H groups in total. The van der Waals surface area contributed by atoms with E-state index in [9.17, 15) is 4.79 Å². The van der Waals surface area contributed by atoms with Crippen LogP contribution >= 0.6 is 12.4 Å². The molecular formula is C15H22ClN5O. The average Bonchev–Trinajstić information content (AvgIpc) is 3.05. The molecule has 2 rings (SSSR count). The molecule has 1 heterocycles. The van der Waals surface area contributed by atoms with E-state index in [0.717, 1.165) is 17.7 Å². The summed E-state index contributed by atoms with van der Waals surface area (Å²) in [6.45, 7) is 2.56. The Morgan fingerprint density at radius 3 is 2.59 bits per heavy atom. The van der Waals surface area contributed by atoms with Crippen molar-refractivity contribution in [1.82, 2.24) is 19.7 Å². The lowest BCUT2D eigenvalue weighted by Gasteiger charge is -2.25. The van der Waals surface area contributed by atoms with Crippen LogP contribution in [0.25, 0.3) is 5.69 Å². The standard InChI is InChI=1S/C15H21N5O.ClH/c1-12(19(2)15(21)4-3-9-16)13-5-7-14(8-6-13)20-11-17-10-18-20;/h5-8,10-12H,3-4,9,16H2,1-2H3;1H. The zero-order valence-electron chi connectivity index (χ0n) is 12.8. The van der Waals surface area contributed by atoms with E-state index >= 15 is 0 Å². The van der Waals surface area contributed by atoms with Gasteiger partial charge in [0.15, 0.2) is 0 Å². The fourth-order valence-electron chi connectivity index (χ4n) is 2.12. The van der Waals surface area contributed by atoms with E-state index < -0.39 is 0 Å². The minimum atomic E-state index is 0. The molecule has 1 aromatic carbocycles. The predicted octanol–water partition coefficient (Wildman–Crippen LogP) is 1.95. The van der Waals surface area contributed by atoms with Crippen LogP contribution in [0.4, 0.5) is 0 Å². The molecule has 0 aliphatic heterocycles. The van der Waals surface area contributed by atoms with Gasteiger partial charge in [0.05, 0.1) is 11.7 Å². The Morgan fingerprint density at radius 1 is 1.36 bits per heavy atom. The van der Waals surface area contributed by atoms with Gasteiger partial charge in [-0.2, -0.15) is 5.10 Å². The highest BCUT2D eigenvalue weighted by Crippen LogP contribution is 2.21. The smallest absolute Gasteiger partial charge is 0.222 e. The van der Waals surface area contributed by atoms with Crippen molar-refractivity contribution in [2.45, 2.75) is 25.8 Å². The van der Waals surface area contributed by atoms with Crippen molar-refractivity contribution in [3.05, 3.63) is 42.5 Å². The van der Waals surface area contributed by atoms with Crippen molar-refractivity contribution in [3.8, 4) is 5.69 Å². The third-order valence-corrected chi connectivity index (χ3v) is 3.63. The fraction of sp³-hybridized carbons (Fsp3) is 0.400. The van der Waals surface area contributed by atoms with Crippen molar-refractivity contribution < 1.29 is 4.79 Å². The summed E-state index contributed by atoms with van der Waals surface area (Å²) in [7, 11) is 1.83. The van der Waals surface area contributed by atoms with E-state index in [-0.39, 0.29) is 24.4 Å². The number of rotatable bonds is 6. The SMILES string of the molecule is CC(c1ccc(-n2cncn2)cc1)N(C)C(=O)CCCN.Cl. The maximum absolute atomic E-state index is 12.0. The Bertz CT molecular complexity index is 570. The first kappa shape index (κ1) is 18.1. The predicted molar refractivity (Wildman–Crippen MR) is 88.1 cm³/mol. The van der Waals surface area contributed by atoms with E-state index in [0.29, 0.717) is 13.0 Å². The van der Waals surface area contributed by atoms with E-state index in [1.54, 1.807) is 15.9 Å². The third-order valence-electron chi connectivity index (χ3n) is 3.63. The Morgan fingerprint density at radius 2 is 2.05 bits per heavy atom. The number of halogens is 1. The minimum absolute atomic E-state index is 0. The van der Waals surface area contributed by atoms with E-state index in [4.69, 9.17) is 5.73 Å². The summed E-state index contributed by atoms with van der Waals surface area (Å²) >= 11 is 0. The lowest BCUT2D eigenvalue weighted by Crippen LogP contribution is -2.29. The quantitative estimate of drug-likeness (QED) is 0.881. The van der Waals surface area contributed by atoms with E-state index in [1.807, 2.05) is 38.2 Å². The van der Waals surface area contributed by atoms with E-state index in [1.165, 1.54) is 6.33 Å². The van der Waals surface area contributed by atoms with Gasteiger partial charge in [-0.25, -0.2) is 9.67 Å². The number of nitrogens with zero attached hydrogens (tertiary/aromatic N) is 4. The zero-order chi connectivity index (χ0) is 15.2. The summed E-state index contributed by atoms with van der Waals surface area (Å²) in [5.74, 6) is 0.119.